The van der Waals surface area contributed by atoms with Gasteiger partial charge in [-0.15, -0.1) is 0 Å². The van der Waals surface area contributed by atoms with Crippen molar-refractivity contribution in [3.63, 3.8) is 0 Å². The summed E-state index contributed by atoms with van der Waals surface area (Å²) in [5.74, 6) is -0.744. The second kappa shape index (κ2) is 6.58. The highest BCUT2D eigenvalue weighted by atomic mass is 32.2. The van der Waals surface area contributed by atoms with E-state index in [0.717, 1.165) is 6.42 Å². The molecule has 1 aromatic carbocycles. The first-order valence-electron chi connectivity index (χ1n) is 6.90. The van der Waals surface area contributed by atoms with Gasteiger partial charge in [0, 0.05) is 13.1 Å². The van der Waals surface area contributed by atoms with Crippen LogP contribution in [-0.4, -0.2) is 36.9 Å². The van der Waals surface area contributed by atoms with E-state index < -0.39 is 16.0 Å². The second-order valence-corrected chi connectivity index (χ2v) is 7.70. The molecule has 1 N–H and O–H groups in total. The number of nitrogens with zero attached hydrogens (tertiary/aromatic N) is 1. The Morgan fingerprint density at radius 2 is 1.86 bits per heavy atom. The SMILES string of the molecule is Cc1c(C(=O)O)cccc1S(=O)(=O)N(C)C(C)CC(C)C. The Kier molecular flexibility index (Phi) is 5.53. The topological polar surface area (TPSA) is 74.7 Å². The fourth-order valence-corrected chi connectivity index (χ4v) is 3.97. The summed E-state index contributed by atoms with van der Waals surface area (Å²) < 4.78 is 26.7. The number of rotatable bonds is 6. The van der Waals surface area contributed by atoms with Crippen LogP contribution in [0.3, 0.4) is 0 Å². The van der Waals surface area contributed by atoms with Crippen LogP contribution in [0.2, 0.25) is 0 Å². The molecule has 1 atom stereocenters. The lowest BCUT2D eigenvalue weighted by Gasteiger charge is -2.26. The largest absolute Gasteiger partial charge is 0.478 e. The van der Waals surface area contributed by atoms with E-state index in [1.165, 1.54) is 36.5 Å². The maximum atomic E-state index is 12.7. The van der Waals surface area contributed by atoms with Crippen molar-refractivity contribution in [3.05, 3.63) is 29.3 Å². The van der Waals surface area contributed by atoms with Crippen LogP contribution in [0.25, 0.3) is 0 Å². The first kappa shape index (κ1) is 17.7. The van der Waals surface area contributed by atoms with E-state index in [4.69, 9.17) is 5.11 Å². The predicted molar refractivity (Wildman–Crippen MR) is 82.0 cm³/mol. The lowest BCUT2D eigenvalue weighted by atomic mass is 10.1. The average Bonchev–Trinajstić information content (AvgIpc) is 2.36. The Labute approximate surface area is 126 Å². The van der Waals surface area contributed by atoms with Gasteiger partial charge in [0.05, 0.1) is 10.5 Å². The zero-order chi connectivity index (χ0) is 16.4. The van der Waals surface area contributed by atoms with Gasteiger partial charge in [0.2, 0.25) is 10.0 Å². The maximum absolute atomic E-state index is 12.7. The Bertz CT molecular complexity index is 623. The third kappa shape index (κ3) is 3.83. The van der Waals surface area contributed by atoms with Gasteiger partial charge in [-0.2, -0.15) is 4.31 Å². The predicted octanol–water partition coefficient (Wildman–Crippen LogP) is 2.75. The van der Waals surface area contributed by atoms with Crippen LogP contribution in [0.4, 0.5) is 0 Å². The number of hydrogen-bond donors (Lipinski definition) is 1. The van der Waals surface area contributed by atoms with Gasteiger partial charge in [0.25, 0.3) is 0 Å². The van der Waals surface area contributed by atoms with Crippen LogP contribution < -0.4 is 0 Å². The molecule has 6 heteroatoms. The monoisotopic (exact) mass is 313 g/mol. The fourth-order valence-electron chi connectivity index (χ4n) is 2.35. The minimum Gasteiger partial charge on any atom is -0.478 e. The van der Waals surface area contributed by atoms with Crippen LogP contribution in [0.15, 0.2) is 23.1 Å². The average molecular weight is 313 g/mol. The quantitative estimate of drug-likeness (QED) is 0.876. The van der Waals surface area contributed by atoms with Crippen molar-refractivity contribution in [2.24, 2.45) is 5.92 Å². The molecule has 0 saturated heterocycles. The highest BCUT2D eigenvalue weighted by Gasteiger charge is 2.28. The second-order valence-electron chi connectivity index (χ2n) is 5.73. The zero-order valence-electron chi connectivity index (χ0n) is 13.1. The van der Waals surface area contributed by atoms with Gasteiger partial charge in [-0.3, -0.25) is 0 Å². The normalized spacial score (nSPS) is 13.7. The van der Waals surface area contributed by atoms with Gasteiger partial charge in [-0.05, 0) is 43.9 Å². The van der Waals surface area contributed by atoms with Gasteiger partial charge >= 0.3 is 5.97 Å². The lowest BCUT2D eigenvalue weighted by molar-refractivity contribution is 0.0696. The molecule has 0 amide bonds. The maximum Gasteiger partial charge on any atom is 0.335 e. The Morgan fingerprint density at radius 1 is 1.29 bits per heavy atom. The summed E-state index contributed by atoms with van der Waals surface area (Å²) in [7, 11) is -2.16. The van der Waals surface area contributed by atoms with E-state index in [9.17, 15) is 13.2 Å². The number of carbonyl (C=O) groups is 1. The Hall–Kier alpha value is -1.40. The molecule has 1 aromatic rings. The Balaban J connectivity index is 3.25. The summed E-state index contributed by atoms with van der Waals surface area (Å²) in [4.78, 5) is 11.2. The van der Waals surface area contributed by atoms with Gasteiger partial charge in [0.15, 0.2) is 0 Å². The van der Waals surface area contributed by atoms with Crippen molar-refractivity contribution in [2.45, 2.75) is 45.1 Å². The molecule has 5 nitrogen and oxygen atoms in total. The molecule has 1 unspecified atom stereocenters. The van der Waals surface area contributed by atoms with Crippen molar-refractivity contribution in [1.29, 1.82) is 0 Å². The molecule has 0 radical (unpaired) electrons. The van der Waals surface area contributed by atoms with Crippen LogP contribution in [0.1, 0.15) is 43.1 Å². The third-order valence-electron chi connectivity index (χ3n) is 3.60. The van der Waals surface area contributed by atoms with Crippen molar-refractivity contribution in [2.75, 3.05) is 7.05 Å². The molecule has 1 rings (SSSR count). The molecule has 0 aliphatic heterocycles. The molecule has 0 aliphatic carbocycles. The molecular formula is C15H23NO4S. The van der Waals surface area contributed by atoms with Gasteiger partial charge in [-0.1, -0.05) is 19.9 Å². The summed E-state index contributed by atoms with van der Waals surface area (Å²) in [5.41, 5.74) is 0.287. The minimum atomic E-state index is -3.70. The number of carboxylic acid groups (broad SMARTS) is 1. The molecule has 0 fully saturated rings. The van der Waals surface area contributed by atoms with E-state index in [1.807, 2.05) is 20.8 Å². The van der Waals surface area contributed by atoms with Crippen molar-refractivity contribution >= 4 is 16.0 Å². The van der Waals surface area contributed by atoms with Crippen molar-refractivity contribution in [3.8, 4) is 0 Å². The van der Waals surface area contributed by atoms with Gasteiger partial charge in [-0.25, -0.2) is 13.2 Å². The van der Waals surface area contributed by atoms with E-state index in [-0.39, 0.29) is 22.1 Å². The summed E-state index contributed by atoms with van der Waals surface area (Å²) in [6, 6.07) is 4.18. The minimum absolute atomic E-state index is 0.0148. The van der Waals surface area contributed by atoms with E-state index in [1.54, 1.807) is 0 Å². The van der Waals surface area contributed by atoms with Crippen LogP contribution in [0.5, 0.6) is 0 Å². The molecule has 0 saturated carbocycles. The molecule has 0 aliphatic rings. The molecule has 0 heterocycles. The first-order chi connectivity index (χ1) is 9.59. The smallest absolute Gasteiger partial charge is 0.335 e. The highest BCUT2D eigenvalue weighted by Crippen LogP contribution is 2.24. The molecule has 0 bridgehead atoms. The highest BCUT2D eigenvalue weighted by molar-refractivity contribution is 7.89. The molecule has 21 heavy (non-hydrogen) atoms. The number of aromatic carboxylic acids is 1. The summed E-state index contributed by atoms with van der Waals surface area (Å²) in [5, 5.41) is 9.11. The number of benzene rings is 1. The molecule has 0 spiro atoms. The Morgan fingerprint density at radius 3 is 2.33 bits per heavy atom. The van der Waals surface area contributed by atoms with Gasteiger partial charge in [0.1, 0.15) is 0 Å². The standard InChI is InChI=1S/C15H23NO4S/c1-10(2)9-11(3)16(5)21(19,20)14-8-6-7-13(12(14)4)15(17)18/h6-8,10-11H,9H2,1-5H3,(H,17,18). The van der Waals surface area contributed by atoms with Crippen molar-refractivity contribution < 1.29 is 18.3 Å². The number of carboxylic acids is 1. The molecular weight excluding hydrogens is 290 g/mol. The summed E-state index contributed by atoms with van der Waals surface area (Å²) >= 11 is 0. The number of hydrogen-bond acceptors (Lipinski definition) is 3. The molecule has 118 valence electrons. The number of sulfonamides is 1. The van der Waals surface area contributed by atoms with Gasteiger partial charge < -0.3 is 5.11 Å². The molecule has 0 aromatic heterocycles. The van der Waals surface area contributed by atoms with Crippen LogP contribution in [-0.2, 0) is 10.0 Å². The van der Waals surface area contributed by atoms with E-state index >= 15 is 0 Å². The summed E-state index contributed by atoms with van der Waals surface area (Å²) in [6.45, 7) is 7.45. The summed E-state index contributed by atoms with van der Waals surface area (Å²) in [6.07, 6.45) is 0.743. The zero-order valence-corrected chi connectivity index (χ0v) is 13.9. The van der Waals surface area contributed by atoms with Crippen LogP contribution >= 0.6 is 0 Å². The van der Waals surface area contributed by atoms with E-state index in [2.05, 4.69) is 0 Å². The fraction of sp³-hybridized carbons (Fsp3) is 0.533. The first-order valence-corrected chi connectivity index (χ1v) is 8.34. The lowest BCUT2D eigenvalue weighted by Crippen LogP contribution is -2.36. The van der Waals surface area contributed by atoms with Crippen molar-refractivity contribution in [1.82, 2.24) is 4.31 Å². The van der Waals surface area contributed by atoms with Crippen LogP contribution in [0, 0.1) is 12.8 Å². The van der Waals surface area contributed by atoms with E-state index in [0.29, 0.717) is 5.92 Å². The third-order valence-corrected chi connectivity index (χ3v) is 5.72.